The first-order valence-corrected chi connectivity index (χ1v) is 10.7. The Hall–Kier alpha value is -3.29. The molecule has 3 aromatic carbocycles. The Kier molecular flexibility index (Phi) is 5.50. The van der Waals surface area contributed by atoms with E-state index in [0.29, 0.717) is 0 Å². The van der Waals surface area contributed by atoms with Gasteiger partial charge < -0.3 is 0 Å². The van der Waals surface area contributed by atoms with Crippen LogP contribution in [0.1, 0.15) is 11.6 Å². The minimum absolute atomic E-state index is 0.152. The number of benzene rings is 3. The number of rotatable bonds is 7. The minimum atomic E-state index is -3.63. The smallest absolute Gasteiger partial charge is 0.240 e. The fraction of sp³-hybridized carbons (Fsp3) is 0.0909. The van der Waals surface area contributed by atoms with Gasteiger partial charge in [0.05, 0.1) is 17.1 Å². The van der Waals surface area contributed by atoms with E-state index in [1.54, 1.807) is 35.0 Å². The molecule has 0 saturated carbocycles. The van der Waals surface area contributed by atoms with E-state index in [9.17, 15) is 8.42 Å². The average Bonchev–Trinajstić information content (AvgIpc) is 3.26. The molecule has 7 heteroatoms. The molecule has 1 heterocycles. The zero-order valence-electron chi connectivity index (χ0n) is 15.6. The first-order valence-electron chi connectivity index (χ1n) is 9.20. The van der Waals surface area contributed by atoms with E-state index in [2.05, 4.69) is 15.0 Å². The van der Waals surface area contributed by atoms with Crippen molar-refractivity contribution in [3.05, 3.63) is 103 Å². The molecule has 146 valence electrons. The second-order valence-corrected chi connectivity index (χ2v) is 8.31. The lowest BCUT2D eigenvalue weighted by molar-refractivity contribution is 0.492. The van der Waals surface area contributed by atoms with Gasteiger partial charge in [-0.15, -0.1) is 5.10 Å². The predicted molar refractivity (Wildman–Crippen MR) is 112 cm³/mol. The van der Waals surface area contributed by atoms with Crippen LogP contribution in [0.25, 0.3) is 11.3 Å². The molecule has 0 aliphatic heterocycles. The summed E-state index contributed by atoms with van der Waals surface area (Å²) in [4.78, 5) is 0.232. The van der Waals surface area contributed by atoms with Crippen LogP contribution in [0, 0.1) is 0 Å². The molecule has 1 atom stereocenters. The second-order valence-electron chi connectivity index (χ2n) is 6.54. The minimum Gasteiger partial charge on any atom is -0.243 e. The molecule has 1 aromatic heterocycles. The van der Waals surface area contributed by atoms with Crippen molar-refractivity contribution < 1.29 is 8.42 Å². The lowest BCUT2D eigenvalue weighted by atomic mass is 10.1. The van der Waals surface area contributed by atoms with Crippen LogP contribution in [0.2, 0.25) is 0 Å². The molecule has 0 radical (unpaired) electrons. The highest BCUT2D eigenvalue weighted by Crippen LogP contribution is 2.21. The van der Waals surface area contributed by atoms with E-state index < -0.39 is 10.0 Å². The van der Waals surface area contributed by atoms with Gasteiger partial charge >= 0.3 is 0 Å². The highest BCUT2D eigenvalue weighted by atomic mass is 32.2. The van der Waals surface area contributed by atoms with E-state index in [0.717, 1.165) is 16.8 Å². The Balaban J connectivity index is 1.63. The summed E-state index contributed by atoms with van der Waals surface area (Å²) >= 11 is 0. The largest absolute Gasteiger partial charge is 0.243 e. The molecule has 4 rings (SSSR count). The van der Waals surface area contributed by atoms with Crippen molar-refractivity contribution in [3.63, 3.8) is 0 Å². The first kappa shape index (κ1) is 19.0. The average molecular weight is 404 g/mol. The van der Waals surface area contributed by atoms with Crippen molar-refractivity contribution in [2.24, 2.45) is 0 Å². The predicted octanol–water partition coefficient (Wildman–Crippen LogP) is 3.51. The molecule has 0 aliphatic rings. The standard InChI is InChI=1S/C22H20N4O2S/c27-29(28,20-14-8-3-9-15-20)23-16-22(19-12-6-2-7-13-19)26-17-21(24-25-26)18-10-4-1-5-11-18/h1-15,17,22-23H,16H2/t22-/m1/s1. The number of hydrogen-bond donors (Lipinski definition) is 1. The molecule has 0 bridgehead atoms. The number of sulfonamides is 1. The van der Waals surface area contributed by atoms with Crippen LogP contribution in [-0.4, -0.2) is 30.0 Å². The van der Waals surface area contributed by atoms with Gasteiger partial charge in [0, 0.05) is 12.1 Å². The number of nitrogens with zero attached hydrogens (tertiary/aromatic N) is 3. The molecule has 0 aliphatic carbocycles. The lowest BCUT2D eigenvalue weighted by Crippen LogP contribution is -2.31. The van der Waals surface area contributed by atoms with E-state index in [1.165, 1.54) is 0 Å². The third kappa shape index (κ3) is 4.42. The van der Waals surface area contributed by atoms with Crippen LogP contribution >= 0.6 is 0 Å². The van der Waals surface area contributed by atoms with Crippen LogP contribution in [0.4, 0.5) is 0 Å². The highest BCUT2D eigenvalue weighted by molar-refractivity contribution is 7.89. The Morgan fingerprint density at radius 3 is 2.07 bits per heavy atom. The van der Waals surface area contributed by atoms with Crippen molar-refractivity contribution in [2.45, 2.75) is 10.9 Å². The van der Waals surface area contributed by atoms with Crippen molar-refractivity contribution in [3.8, 4) is 11.3 Å². The maximum atomic E-state index is 12.7. The van der Waals surface area contributed by atoms with Gasteiger partial charge in [-0.05, 0) is 17.7 Å². The monoisotopic (exact) mass is 404 g/mol. The Labute approximate surface area is 169 Å². The molecular weight excluding hydrogens is 384 g/mol. The molecule has 29 heavy (non-hydrogen) atoms. The summed E-state index contributed by atoms with van der Waals surface area (Å²) in [5, 5.41) is 8.55. The zero-order chi connectivity index (χ0) is 20.1. The number of hydrogen-bond acceptors (Lipinski definition) is 4. The highest BCUT2D eigenvalue weighted by Gasteiger charge is 2.20. The van der Waals surface area contributed by atoms with E-state index >= 15 is 0 Å². The molecule has 0 saturated heterocycles. The van der Waals surface area contributed by atoms with Crippen molar-refractivity contribution in [1.82, 2.24) is 19.7 Å². The maximum Gasteiger partial charge on any atom is 0.240 e. The molecular formula is C22H20N4O2S. The van der Waals surface area contributed by atoms with Gasteiger partial charge in [0.25, 0.3) is 0 Å². The van der Waals surface area contributed by atoms with Gasteiger partial charge in [-0.2, -0.15) is 0 Å². The lowest BCUT2D eigenvalue weighted by Gasteiger charge is -2.18. The SMILES string of the molecule is O=S(=O)(NC[C@H](c1ccccc1)n1cc(-c2ccccc2)nn1)c1ccccc1. The summed E-state index contributed by atoms with van der Waals surface area (Å²) in [6, 6.07) is 27.4. The third-order valence-corrected chi connectivity index (χ3v) is 6.04. The van der Waals surface area contributed by atoms with Gasteiger partial charge in [0.2, 0.25) is 10.0 Å². The summed E-state index contributed by atoms with van der Waals surface area (Å²) in [7, 11) is -3.63. The molecule has 0 amide bonds. The van der Waals surface area contributed by atoms with Crippen LogP contribution in [0.3, 0.4) is 0 Å². The third-order valence-electron chi connectivity index (χ3n) is 4.60. The fourth-order valence-corrected chi connectivity index (χ4v) is 4.14. The molecule has 0 spiro atoms. The summed E-state index contributed by atoms with van der Waals surface area (Å²) in [6.45, 7) is 0.152. The molecule has 6 nitrogen and oxygen atoms in total. The van der Waals surface area contributed by atoms with Gasteiger partial charge in [-0.25, -0.2) is 17.8 Å². The van der Waals surface area contributed by atoms with Gasteiger partial charge in [0.1, 0.15) is 5.69 Å². The van der Waals surface area contributed by atoms with E-state index in [-0.39, 0.29) is 17.5 Å². The number of aromatic nitrogens is 3. The summed E-state index contributed by atoms with van der Waals surface area (Å²) in [5.41, 5.74) is 2.63. The van der Waals surface area contributed by atoms with E-state index in [4.69, 9.17) is 0 Å². The Morgan fingerprint density at radius 2 is 1.41 bits per heavy atom. The maximum absolute atomic E-state index is 12.7. The summed E-state index contributed by atoms with van der Waals surface area (Å²) in [5.74, 6) is 0. The van der Waals surface area contributed by atoms with Gasteiger partial charge in [-0.1, -0.05) is 84.1 Å². The fourth-order valence-electron chi connectivity index (χ4n) is 3.08. The van der Waals surface area contributed by atoms with Crippen LogP contribution in [-0.2, 0) is 10.0 Å². The van der Waals surface area contributed by atoms with Crippen LogP contribution in [0.5, 0.6) is 0 Å². The normalized spacial score (nSPS) is 12.6. The first-order chi connectivity index (χ1) is 14.1. The van der Waals surface area contributed by atoms with Gasteiger partial charge in [0.15, 0.2) is 0 Å². The quantitative estimate of drug-likeness (QED) is 0.511. The van der Waals surface area contributed by atoms with Crippen molar-refractivity contribution >= 4 is 10.0 Å². The van der Waals surface area contributed by atoms with E-state index in [1.807, 2.05) is 66.9 Å². The Morgan fingerprint density at radius 1 is 0.828 bits per heavy atom. The van der Waals surface area contributed by atoms with Gasteiger partial charge in [-0.3, -0.25) is 0 Å². The second kappa shape index (κ2) is 8.38. The topological polar surface area (TPSA) is 76.9 Å². The molecule has 4 aromatic rings. The number of nitrogens with one attached hydrogen (secondary N) is 1. The Bertz CT molecular complexity index is 1160. The summed E-state index contributed by atoms with van der Waals surface area (Å²) in [6.07, 6.45) is 1.84. The van der Waals surface area contributed by atoms with Crippen molar-refractivity contribution in [2.75, 3.05) is 6.54 Å². The molecule has 0 unspecified atom stereocenters. The summed E-state index contributed by atoms with van der Waals surface area (Å²) < 4.78 is 29.7. The molecule has 1 N–H and O–H groups in total. The van der Waals surface area contributed by atoms with Crippen LogP contribution in [0.15, 0.2) is 102 Å². The molecule has 0 fully saturated rings. The van der Waals surface area contributed by atoms with Crippen molar-refractivity contribution in [1.29, 1.82) is 0 Å². The zero-order valence-corrected chi connectivity index (χ0v) is 16.4. The van der Waals surface area contributed by atoms with Crippen LogP contribution < -0.4 is 4.72 Å².